The topological polar surface area (TPSA) is 52.0 Å². The van der Waals surface area contributed by atoms with Crippen molar-refractivity contribution in [3.05, 3.63) is 34.8 Å². The van der Waals surface area contributed by atoms with Crippen LogP contribution in [-0.2, 0) is 20.7 Å². The SMILES string of the molecule is C/C=C(/C)C(=O)OC1c2c(C)coc2CC23OC2CCC(C)C13C. The fraction of sp³-hybridized carbons (Fsp3) is 0.650. The molecule has 2 fully saturated rings. The molecular formula is C20H26O4. The average Bonchev–Trinajstić information content (AvgIpc) is 3.17. The normalized spacial score (nSPS) is 40.4. The molecule has 1 aromatic rings. The molecule has 3 aliphatic rings. The van der Waals surface area contributed by atoms with Gasteiger partial charge in [-0.25, -0.2) is 4.79 Å². The molecule has 0 amide bonds. The molecule has 4 heteroatoms. The van der Waals surface area contributed by atoms with E-state index in [-0.39, 0.29) is 29.2 Å². The maximum Gasteiger partial charge on any atom is 0.334 e. The number of carbonyl (C=O) groups excluding carboxylic acids is 1. The standard InChI is InChI=1S/C20H26O4/c1-6-11(2)18(21)23-17-16-12(3)10-22-14(16)9-20-15(24-20)8-7-13(4)19(17,20)5/h6,10,13,15,17H,7-9H2,1-5H3/b11-6-. The Bertz CT molecular complexity index is 730. The Morgan fingerprint density at radius 1 is 1.42 bits per heavy atom. The zero-order valence-corrected chi connectivity index (χ0v) is 15.1. The van der Waals surface area contributed by atoms with Crippen LogP contribution in [0.1, 0.15) is 63.5 Å². The molecule has 5 atom stereocenters. The zero-order valence-electron chi connectivity index (χ0n) is 15.1. The highest BCUT2D eigenvalue weighted by molar-refractivity contribution is 5.88. The third-order valence-electron chi connectivity index (χ3n) is 6.93. The van der Waals surface area contributed by atoms with Crippen molar-refractivity contribution in [2.75, 3.05) is 0 Å². The predicted octanol–water partition coefficient (Wildman–Crippen LogP) is 4.27. The van der Waals surface area contributed by atoms with Crippen molar-refractivity contribution in [3.8, 4) is 0 Å². The Morgan fingerprint density at radius 3 is 2.88 bits per heavy atom. The highest BCUT2D eigenvalue weighted by Gasteiger charge is 2.75. The number of hydrogen-bond acceptors (Lipinski definition) is 4. The second-order valence-corrected chi connectivity index (χ2v) is 7.95. The Kier molecular flexibility index (Phi) is 3.31. The van der Waals surface area contributed by atoms with Crippen molar-refractivity contribution in [2.45, 2.75) is 71.7 Å². The molecule has 0 N–H and O–H groups in total. The minimum Gasteiger partial charge on any atom is -0.469 e. The lowest BCUT2D eigenvalue weighted by Crippen LogP contribution is -2.54. The molecular weight excluding hydrogens is 304 g/mol. The van der Waals surface area contributed by atoms with E-state index in [0.717, 1.165) is 36.1 Å². The number of hydrogen-bond donors (Lipinski definition) is 0. The van der Waals surface area contributed by atoms with Gasteiger partial charge in [-0.2, -0.15) is 0 Å². The second-order valence-electron chi connectivity index (χ2n) is 7.95. The largest absolute Gasteiger partial charge is 0.469 e. The molecule has 1 aromatic heterocycles. The van der Waals surface area contributed by atoms with E-state index in [4.69, 9.17) is 13.9 Å². The van der Waals surface area contributed by atoms with Gasteiger partial charge < -0.3 is 13.9 Å². The number of aryl methyl sites for hydroxylation is 1. The Hall–Kier alpha value is -1.55. The van der Waals surface area contributed by atoms with E-state index in [9.17, 15) is 4.79 Å². The van der Waals surface area contributed by atoms with Crippen LogP contribution in [0.15, 0.2) is 22.3 Å². The van der Waals surface area contributed by atoms with Crippen LogP contribution in [0.3, 0.4) is 0 Å². The van der Waals surface area contributed by atoms with E-state index in [1.54, 1.807) is 19.3 Å². The number of carbonyl (C=O) groups is 1. The maximum atomic E-state index is 12.6. The average molecular weight is 330 g/mol. The molecule has 0 aromatic carbocycles. The number of epoxide rings is 1. The summed E-state index contributed by atoms with van der Waals surface area (Å²) in [7, 11) is 0. The first-order valence-corrected chi connectivity index (χ1v) is 8.93. The summed E-state index contributed by atoms with van der Waals surface area (Å²) in [5.41, 5.74) is 2.30. The molecule has 4 rings (SSSR count). The third-order valence-corrected chi connectivity index (χ3v) is 6.93. The first-order chi connectivity index (χ1) is 11.3. The lowest BCUT2D eigenvalue weighted by atomic mass is 9.53. The summed E-state index contributed by atoms with van der Waals surface area (Å²) in [6, 6.07) is 0. The van der Waals surface area contributed by atoms with Crippen molar-refractivity contribution < 1.29 is 18.7 Å². The van der Waals surface area contributed by atoms with Crippen LogP contribution in [0.5, 0.6) is 0 Å². The molecule has 4 nitrogen and oxygen atoms in total. The van der Waals surface area contributed by atoms with Gasteiger partial charge in [-0.3, -0.25) is 0 Å². The summed E-state index contributed by atoms with van der Waals surface area (Å²) in [5, 5.41) is 0. The van der Waals surface area contributed by atoms with Crippen molar-refractivity contribution in [1.82, 2.24) is 0 Å². The van der Waals surface area contributed by atoms with E-state index < -0.39 is 0 Å². The van der Waals surface area contributed by atoms with E-state index in [1.807, 2.05) is 13.8 Å². The van der Waals surface area contributed by atoms with Gasteiger partial charge in [-0.05, 0) is 45.1 Å². The minimum atomic E-state index is -0.317. The first kappa shape index (κ1) is 15.9. The molecule has 1 saturated carbocycles. The Labute approximate surface area is 143 Å². The van der Waals surface area contributed by atoms with Gasteiger partial charge in [0, 0.05) is 23.0 Å². The van der Waals surface area contributed by atoms with Gasteiger partial charge in [0.15, 0.2) is 0 Å². The number of esters is 1. The molecule has 2 heterocycles. The number of allylic oxidation sites excluding steroid dienone is 1. The van der Waals surface area contributed by atoms with Gasteiger partial charge in [0.1, 0.15) is 17.5 Å². The fourth-order valence-electron chi connectivity index (χ4n) is 4.96. The predicted molar refractivity (Wildman–Crippen MR) is 89.5 cm³/mol. The molecule has 0 radical (unpaired) electrons. The van der Waals surface area contributed by atoms with Crippen molar-refractivity contribution in [1.29, 1.82) is 0 Å². The van der Waals surface area contributed by atoms with Gasteiger partial charge >= 0.3 is 5.97 Å². The minimum absolute atomic E-state index is 0.221. The van der Waals surface area contributed by atoms with Crippen LogP contribution in [0.2, 0.25) is 0 Å². The smallest absolute Gasteiger partial charge is 0.334 e. The van der Waals surface area contributed by atoms with Crippen LogP contribution in [-0.4, -0.2) is 17.7 Å². The van der Waals surface area contributed by atoms with Crippen molar-refractivity contribution in [3.63, 3.8) is 0 Å². The zero-order chi connectivity index (χ0) is 17.3. The third kappa shape index (κ3) is 1.81. The molecule has 130 valence electrons. The summed E-state index contributed by atoms with van der Waals surface area (Å²) >= 11 is 0. The second kappa shape index (κ2) is 4.98. The summed E-state index contributed by atoms with van der Waals surface area (Å²) in [4.78, 5) is 12.6. The van der Waals surface area contributed by atoms with Crippen LogP contribution in [0, 0.1) is 18.3 Å². The Balaban J connectivity index is 1.83. The van der Waals surface area contributed by atoms with E-state index in [0.29, 0.717) is 11.5 Å². The molecule has 5 unspecified atom stereocenters. The monoisotopic (exact) mass is 330 g/mol. The lowest BCUT2D eigenvalue weighted by molar-refractivity contribution is -0.164. The number of rotatable bonds is 2. The van der Waals surface area contributed by atoms with Crippen LogP contribution >= 0.6 is 0 Å². The molecule has 24 heavy (non-hydrogen) atoms. The van der Waals surface area contributed by atoms with Gasteiger partial charge in [0.2, 0.25) is 0 Å². The first-order valence-electron chi connectivity index (χ1n) is 8.93. The van der Waals surface area contributed by atoms with Gasteiger partial charge in [0.25, 0.3) is 0 Å². The van der Waals surface area contributed by atoms with Crippen LogP contribution < -0.4 is 0 Å². The number of ether oxygens (including phenoxy) is 2. The molecule has 2 aliphatic carbocycles. The number of furan rings is 1. The summed E-state index contributed by atoms with van der Waals surface area (Å²) in [6.07, 6.45) is 6.51. The van der Waals surface area contributed by atoms with E-state index >= 15 is 0 Å². The van der Waals surface area contributed by atoms with Gasteiger partial charge in [-0.1, -0.05) is 19.9 Å². The highest BCUT2D eigenvalue weighted by atomic mass is 16.6. The van der Waals surface area contributed by atoms with E-state index in [2.05, 4.69) is 13.8 Å². The van der Waals surface area contributed by atoms with Crippen molar-refractivity contribution in [2.24, 2.45) is 11.3 Å². The van der Waals surface area contributed by atoms with E-state index in [1.165, 1.54) is 0 Å². The lowest BCUT2D eigenvalue weighted by Gasteiger charge is -2.50. The Morgan fingerprint density at radius 2 is 2.17 bits per heavy atom. The van der Waals surface area contributed by atoms with Gasteiger partial charge in [-0.15, -0.1) is 0 Å². The van der Waals surface area contributed by atoms with Crippen LogP contribution in [0.25, 0.3) is 0 Å². The molecule has 1 saturated heterocycles. The molecule has 1 spiro atoms. The highest BCUT2D eigenvalue weighted by Crippen LogP contribution is 2.69. The summed E-state index contributed by atoms with van der Waals surface area (Å²) in [6.45, 7) is 10.2. The van der Waals surface area contributed by atoms with Gasteiger partial charge in [0.05, 0.1) is 12.4 Å². The number of fused-ring (bicyclic) bond motifs is 1. The van der Waals surface area contributed by atoms with Crippen molar-refractivity contribution >= 4 is 5.97 Å². The molecule has 1 aliphatic heterocycles. The molecule has 0 bridgehead atoms. The fourth-order valence-corrected chi connectivity index (χ4v) is 4.96. The summed E-state index contributed by atoms with van der Waals surface area (Å²) in [5.74, 6) is 1.10. The summed E-state index contributed by atoms with van der Waals surface area (Å²) < 4.78 is 18.2. The van der Waals surface area contributed by atoms with Crippen LogP contribution in [0.4, 0.5) is 0 Å². The quantitative estimate of drug-likeness (QED) is 0.462. The maximum absolute atomic E-state index is 12.6.